The summed E-state index contributed by atoms with van der Waals surface area (Å²) in [6.07, 6.45) is 0. The fourth-order valence-electron chi connectivity index (χ4n) is 1.77. The van der Waals surface area contributed by atoms with E-state index in [-0.39, 0.29) is 0 Å². The summed E-state index contributed by atoms with van der Waals surface area (Å²) in [5.74, 6) is 0. The molecule has 22 heavy (non-hydrogen) atoms. The summed E-state index contributed by atoms with van der Waals surface area (Å²) in [6.45, 7) is 9.40. The monoisotopic (exact) mass is 306 g/mol. The summed E-state index contributed by atoms with van der Waals surface area (Å²) >= 11 is 0. The molecule has 0 heterocycles. The Hall–Kier alpha value is -1.04. The van der Waals surface area contributed by atoms with Gasteiger partial charge in [0.05, 0.1) is 11.2 Å². The van der Waals surface area contributed by atoms with Crippen LogP contribution < -0.4 is 10.4 Å². The highest BCUT2D eigenvalue weighted by atomic mass is 16.5. The predicted molar refractivity (Wildman–Crippen MR) is 96.5 cm³/mol. The zero-order chi connectivity index (χ0) is 17.0. The van der Waals surface area contributed by atoms with Crippen molar-refractivity contribution in [2.24, 2.45) is 0 Å². The van der Waals surface area contributed by atoms with Crippen molar-refractivity contribution in [1.82, 2.24) is 4.90 Å². The molecule has 1 rings (SSSR count). The Kier molecular flexibility index (Phi) is 6.47. The lowest BCUT2D eigenvalue weighted by molar-refractivity contribution is -0.0893. The van der Waals surface area contributed by atoms with E-state index in [0.29, 0.717) is 7.48 Å². The van der Waals surface area contributed by atoms with Gasteiger partial charge in [-0.1, -0.05) is 17.6 Å². The van der Waals surface area contributed by atoms with Gasteiger partial charge in [-0.15, -0.1) is 0 Å². The van der Waals surface area contributed by atoms with E-state index < -0.39 is 11.2 Å². The lowest BCUT2D eigenvalue weighted by atomic mass is 9.82. The molecule has 0 aliphatic rings. The topological polar surface area (TPSA) is 35.9 Å². The van der Waals surface area contributed by atoms with Crippen LogP contribution in [-0.4, -0.2) is 62.9 Å². The second kappa shape index (κ2) is 7.49. The maximum atomic E-state index is 10.1. The molecule has 0 radical (unpaired) electrons. The summed E-state index contributed by atoms with van der Waals surface area (Å²) in [4.78, 5) is 4.42. The van der Waals surface area contributed by atoms with Crippen LogP contribution in [0.25, 0.3) is 0 Å². The molecule has 0 saturated heterocycles. The van der Waals surface area contributed by atoms with Gasteiger partial charge in [0.1, 0.15) is 0 Å². The molecule has 0 saturated carbocycles. The summed E-state index contributed by atoms with van der Waals surface area (Å²) in [6, 6.07) is 8.40. The van der Waals surface area contributed by atoms with Gasteiger partial charge in [0.2, 0.25) is 0 Å². The lowest BCUT2D eigenvalue weighted by Crippen LogP contribution is -2.49. The average Bonchev–Trinajstić information content (AvgIpc) is 2.42. The first-order valence-corrected chi connectivity index (χ1v) is 7.84. The summed E-state index contributed by atoms with van der Waals surface area (Å²) in [5, 5.41) is 10.1. The van der Waals surface area contributed by atoms with Crippen molar-refractivity contribution in [2.45, 2.75) is 38.9 Å². The van der Waals surface area contributed by atoms with Crippen molar-refractivity contribution < 1.29 is 9.76 Å². The van der Waals surface area contributed by atoms with Crippen molar-refractivity contribution in [3.63, 3.8) is 0 Å². The highest BCUT2D eigenvalue weighted by molar-refractivity contribution is 6.47. The second-order valence-electron chi connectivity index (χ2n) is 7.25. The van der Waals surface area contributed by atoms with E-state index in [1.54, 1.807) is 13.8 Å². The molecule has 0 aliphatic heterocycles. The Morgan fingerprint density at radius 2 is 1.55 bits per heavy atom. The molecule has 0 bridgehead atoms. The van der Waals surface area contributed by atoms with E-state index in [4.69, 9.17) is 4.65 Å². The standard InChI is InChI=1S/C17H31BN2O2/c1-16(2,21)17(3,4)22-18-14-8-10-15(11-9-14)20(7)13-12-19(5)6/h8-11,18,21H,12-13H2,1-7H3. The summed E-state index contributed by atoms with van der Waals surface area (Å²) in [5.41, 5.74) is 0.850. The maximum absolute atomic E-state index is 10.1. The molecule has 1 aromatic rings. The minimum atomic E-state index is -0.876. The van der Waals surface area contributed by atoms with Crippen LogP contribution in [0.5, 0.6) is 0 Å². The van der Waals surface area contributed by atoms with E-state index in [9.17, 15) is 5.11 Å². The van der Waals surface area contributed by atoms with Crippen molar-refractivity contribution >= 4 is 18.6 Å². The number of hydrogen-bond donors (Lipinski definition) is 1. The molecule has 1 aromatic carbocycles. The highest BCUT2D eigenvalue weighted by Crippen LogP contribution is 2.24. The Morgan fingerprint density at radius 1 is 1.00 bits per heavy atom. The number of aliphatic hydroxyl groups is 1. The normalized spacial score (nSPS) is 12.6. The molecule has 124 valence electrons. The van der Waals surface area contributed by atoms with E-state index in [0.717, 1.165) is 18.6 Å². The van der Waals surface area contributed by atoms with Gasteiger partial charge >= 0.3 is 7.48 Å². The summed E-state index contributed by atoms with van der Waals surface area (Å²) < 4.78 is 5.89. The van der Waals surface area contributed by atoms with E-state index in [1.165, 1.54) is 5.69 Å². The molecule has 0 amide bonds. The number of nitrogens with zero attached hydrogens (tertiary/aromatic N) is 2. The van der Waals surface area contributed by atoms with E-state index >= 15 is 0 Å². The first-order valence-electron chi connectivity index (χ1n) is 7.84. The van der Waals surface area contributed by atoms with Crippen molar-refractivity contribution in [2.75, 3.05) is 39.1 Å². The zero-order valence-corrected chi connectivity index (χ0v) is 15.2. The van der Waals surface area contributed by atoms with Gasteiger partial charge in [0.15, 0.2) is 0 Å². The molecular formula is C17H31BN2O2. The summed E-state index contributed by atoms with van der Waals surface area (Å²) in [7, 11) is 6.77. The number of anilines is 1. The molecular weight excluding hydrogens is 275 g/mol. The molecule has 0 aromatic heterocycles. The van der Waals surface area contributed by atoms with Crippen molar-refractivity contribution in [3.8, 4) is 0 Å². The third-order valence-electron chi connectivity index (χ3n) is 4.33. The zero-order valence-electron chi connectivity index (χ0n) is 15.2. The Balaban J connectivity index is 2.59. The molecule has 0 aliphatic carbocycles. The Labute approximate surface area is 136 Å². The number of likely N-dealkylation sites (N-methyl/N-ethyl adjacent to an activating group) is 2. The van der Waals surface area contributed by atoms with E-state index in [2.05, 4.69) is 55.2 Å². The molecule has 1 N–H and O–H groups in total. The van der Waals surface area contributed by atoms with Gasteiger partial charge in [-0.3, -0.25) is 0 Å². The maximum Gasteiger partial charge on any atom is 0.309 e. The fourth-order valence-corrected chi connectivity index (χ4v) is 1.77. The smallest absolute Gasteiger partial charge is 0.309 e. The van der Waals surface area contributed by atoms with Gasteiger partial charge in [0, 0.05) is 25.8 Å². The van der Waals surface area contributed by atoms with Crippen LogP contribution in [0.1, 0.15) is 27.7 Å². The van der Waals surface area contributed by atoms with Crippen LogP contribution in [0.2, 0.25) is 0 Å². The minimum Gasteiger partial charge on any atom is -0.427 e. The van der Waals surface area contributed by atoms with Crippen LogP contribution in [0, 0.1) is 0 Å². The quantitative estimate of drug-likeness (QED) is 0.733. The van der Waals surface area contributed by atoms with Crippen molar-refractivity contribution in [1.29, 1.82) is 0 Å². The first-order chi connectivity index (χ1) is 10.0. The average molecular weight is 306 g/mol. The molecule has 0 fully saturated rings. The van der Waals surface area contributed by atoms with Crippen LogP contribution in [0.4, 0.5) is 5.69 Å². The number of hydrogen-bond acceptors (Lipinski definition) is 4. The predicted octanol–water partition coefficient (Wildman–Crippen LogP) is 1.23. The van der Waals surface area contributed by atoms with Gasteiger partial charge in [-0.25, -0.2) is 0 Å². The van der Waals surface area contributed by atoms with Crippen LogP contribution in [0.15, 0.2) is 24.3 Å². The van der Waals surface area contributed by atoms with Gasteiger partial charge in [0.25, 0.3) is 0 Å². The molecule has 4 nitrogen and oxygen atoms in total. The number of benzene rings is 1. The Bertz CT molecular complexity index is 453. The van der Waals surface area contributed by atoms with Gasteiger partial charge in [-0.2, -0.15) is 0 Å². The molecule has 0 atom stereocenters. The Morgan fingerprint density at radius 3 is 2.00 bits per heavy atom. The number of rotatable bonds is 8. The largest absolute Gasteiger partial charge is 0.427 e. The van der Waals surface area contributed by atoms with Crippen LogP contribution >= 0.6 is 0 Å². The van der Waals surface area contributed by atoms with Crippen LogP contribution in [-0.2, 0) is 4.65 Å². The lowest BCUT2D eigenvalue weighted by Gasteiger charge is -2.37. The van der Waals surface area contributed by atoms with Gasteiger partial charge < -0.3 is 19.6 Å². The van der Waals surface area contributed by atoms with Crippen molar-refractivity contribution in [3.05, 3.63) is 24.3 Å². The molecule has 5 heteroatoms. The molecule has 0 unspecified atom stereocenters. The highest BCUT2D eigenvalue weighted by Gasteiger charge is 2.35. The van der Waals surface area contributed by atoms with E-state index in [1.807, 2.05) is 13.8 Å². The third kappa shape index (κ3) is 5.63. The minimum absolute atomic E-state index is 0.499. The van der Waals surface area contributed by atoms with Crippen LogP contribution in [0.3, 0.4) is 0 Å². The molecule has 0 spiro atoms. The third-order valence-corrected chi connectivity index (χ3v) is 4.33. The first kappa shape index (κ1) is 19.0. The van der Waals surface area contributed by atoms with Gasteiger partial charge in [-0.05, 0) is 53.9 Å². The fraction of sp³-hybridized carbons (Fsp3) is 0.647. The second-order valence-corrected chi connectivity index (χ2v) is 7.25. The SMILES string of the molecule is CN(C)CCN(C)c1ccc(BOC(C)(C)C(C)(C)O)cc1.